The van der Waals surface area contributed by atoms with E-state index in [2.05, 4.69) is 52.7 Å². The number of carbonyl (C=O) groups is 7. The molecule has 25 nitrogen and oxygen atoms in total. The Morgan fingerprint density at radius 2 is 1.38 bits per heavy atom. The molecule has 16 atom stereocenters. The molecule has 3 saturated heterocycles. The highest BCUT2D eigenvalue weighted by Crippen LogP contribution is 2.27. The van der Waals surface area contributed by atoms with Gasteiger partial charge < -0.3 is 88.7 Å². The van der Waals surface area contributed by atoms with E-state index >= 15 is 0 Å². The van der Waals surface area contributed by atoms with Crippen LogP contribution in [0.25, 0.3) is 0 Å². The van der Waals surface area contributed by atoms with Crippen molar-refractivity contribution in [2.45, 2.75) is 203 Å². The van der Waals surface area contributed by atoms with Gasteiger partial charge in [-0.3, -0.25) is 38.9 Å². The van der Waals surface area contributed by atoms with Gasteiger partial charge in [-0.15, -0.1) is 0 Å². The molecular formula is C52H88N10O15. The first-order valence-corrected chi connectivity index (χ1v) is 26.9. The van der Waals surface area contributed by atoms with Crippen LogP contribution >= 0.6 is 0 Å². The highest BCUT2D eigenvalue weighted by atomic mass is 16.3. The number of unbranched alkanes of at least 4 members (excludes halogenated alkanes) is 5. The standard InChI is InChI=1S/C52H88N10O15/c1-5-28(2)24-29(3)12-10-8-6-7-9-11-13-39(69)56-34-26-38(68)46(55-22-21-54)60-50(75)43-37(67)19-23-61(43)52(77)41(36(66)18-20-53)58-49(74)42(45(71)44(70)31-14-16-32(64)17-15-31)59-48(73)35-25-33(65)27-62(35)51(76)40(30(4)63)57-47(34)72/h14-17,28-30,33-38,40-46,55,63-68,70-71H,5-13,18-27,53-54H2,1-4H3,(H,56,69)(H,57,72)(H,58,74)(H,59,73)(H,60,75)/t28?,29?,30-,33-,34+,35+,36-,37+,38-,40?,41+,42?,43+,44+,45+,46-/m1/s1/i21D2,22D2. The zero-order valence-corrected chi connectivity index (χ0v) is 44.6. The van der Waals surface area contributed by atoms with Gasteiger partial charge in [-0.05, 0) is 68.7 Å². The second-order valence-electron chi connectivity index (χ2n) is 20.9. The number of aliphatic hydroxyl groups is 7. The molecule has 25 heteroatoms. The predicted octanol–water partition coefficient (Wildman–Crippen LogP) is -3.31. The van der Waals surface area contributed by atoms with Gasteiger partial charge in [0, 0.05) is 50.8 Å². The highest BCUT2D eigenvalue weighted by Gasteiger charge is 2.49. The summed E-state index contributed by atoms with van der Waals surface area (Å²) >= 11 is 0. The molecule has 4 rings (SSSR count). The molecule has 1 aromatic carbocycles. The van der Waals surface area contributed by atoms with Crippen LogP contribution in [-0.4, -0.2) is 204 Å². The molecule has 7 amide bonds. The van der Waals surface area contributed by atoms with E-state index in [1.807, 2.05) is 0 Å². The molecule has 3 fully saturated rings. The molecule has 3 heterocycles. The highest BCUT2D eigenvalue weighted by molar-refractivity contribution is 5.98. The first kappa shape index (κ1) is 58.1. The number of nitrogens with one attached hydrogen (secondary N) is 6. The Hall–Kier alpha value is -5.09. The lowest BCUT2D eigenvalue weighted by atomic mass is 9.91. The number of amides is 7. The Balaban J connectivity index is 1.80. The molecule has 436 valence electrons. The normalized spacial score (nSPS) is 29.8. The van der Waals surface area contributed by atoms with Crippen molar-refractivity contribution in [3.63, 3.8) is 0 Å². The van der Waals surface area contributed by atoms with Crippen LogP contribution < -0.4 is 43.4 Å². The van der Waals surface area contributed by atoms with E-state index in [1.165, 1.54) is 12.1 Å². The number of nitrogens with two attached hydrogens (primary N) is 2. The molecule has 1 aromatic rings. The third-order valence-electron chi connectivity index (χ3n) is 14.7. The second-order valence-corrected chi connectivity index (χ2v) is 20.9. The van der Waals surface area contributed by atoms with Crippen LogP contribution in [0.4, 0.5) is 0 Å². The van der Waals surface area contributed by atoms with E-state index in [0.29, 0.717) is 29.6 Å². The van der Waals surface area contributed by atoms with E-state index in [1.54, 1.807) is 0 Å². The number of hydrogen-bond donors (Lipinski definition) is 16. The molecule has 0 spiro atoms. The molecule has 4 unspecified atom stereocenters. The minimum Gasteiger partial charge on any atom is -0.508 e. The SMILES string of the molecule is [2H]C([2H])(N)C([2H])([2H])N[C@@H]1NC(=O)[C@@H]2[C@@H](O)CCN2C(=O)[C@H]([C@H](O)CCN)NC(=O)C([C@H](O)[C@@H](O)c2ccc(O)cc2)NC(=O)[C@@H]2C[C@@H](O)CN2C(=O)C([C@@H](C)O)NC(=O)[C@@H](NC(=O)CCCCCCCCC(C)CC(C)CC)C[C@H]1O. The van der Waals surface area contributed by atoms with E-state index < -0.39 is 172 Å². The topological polar surface area (TPSA) is 412 Å². The smallest absolute Gasteiger partial charge is 0.248 e. The Kier molecular flexibility index (Phi) is 23.7. The van der Waals surface area contributed by atoms with Gasteiger partial charge in [0.1, 0.15) is 60.4 Å². The molecule has 18 N–H and O–H groups in total. The minimum atomic E-state index is -3.33. The summed E-state index contributed by atoms with van der Waals surface area (Å²) in [7, 11) is 0. The van der Waals surface area contributed by atoms with Crippen molar-refractivity contribution in [2.75, 3.05) is 32.6 Å². The Morgan fingerprint density at radius 3 is 2.01 bits per heavy atom. The lowest BCUT2D eigenvalue weighted by Crippen LogP contribution is -2.65. The van der Waals surface area contributed by atoms with Crippen LogP contribution in [0.1, 0.15) is 135 Å². The van der Waals surface area contributed by atoms with Crippen molar-refractivity contribution in [2.24, 2.45) is 23.3 Å². The average Bonchev–Trinajstić information content (AvgIpc) is 3.99. The minimum absolute atomic E-state index is 0.106. The quantitative estimate of drug-likeness (QED) is 0.0477. The van der Waals surface area contributed by atoms with Gasteiger partial charge in [0.05, 0.1) is 30.5 Å². The van der Waals surface area contributed by atoms with Crippen molar-refractivity contribution in [3.05, 3.63) is 29.8 Å². The largest absolute Gasteiger partial charge is 0.508 e. The molecule has 3 aliphatic heterocycles. The number of aromatic hydroxyl groups is 1. The van der Waals surface area contributed by atoms with Crippen molar-refractivity contribution in [1.82, 2.24) is 41.7 Å². The number of nitrogens with zero attached hydrogens (tertiary/aromatic N) is 2. The van der Waals surface area contributed by atoms with E-state index in [4.69, 9.17) is 17.0 Å². The second kappa shape index (κ2) is 31.5. The third kappa shape index (κ3) is 18.8. The van der Waals surface area contributed by atoms with Gasteiger partial charge in [0.15, 0.2) is 0 Å². The molecule has 0 aromatic heterocycles. The van der Waals surface area contributed by atoms with Crippen molar-refractivity contribution in [3.8, 4) is 5.75 Å². The number of phenolic OH excluding ortho intramolecular Hbond substituents is 1. The molecule has 0 radical (unpaired) electrons. The fourth-order valence-corrected chi connectivity index (χ4v) is 10.1. The van der Waals surface area contributed by atoms with Crippen LogP contribution in [0.2, 0.25) is 0 Å². The summed E-state index contributed by atoms with van der Waals surface area (Å²) in [5.74, 6) is -7.55. The first-order valence-electron chi connectivity index (χ1n) is 28.9. The van der Waals surface area contributed by atoms with Gasteiger partial charge in [-0.1, -0.05) is 77.8 Å². The summed E-state index contributed by atoms with van der Waals surface area (Å²) in [6.45, 7) is -0.237. The Bertz CT molecular complexity index is 2260. The van der Waals surface area contributed by atoms with Crippen LogP contribution in [0.5, 0.6) is 5.75 Å². The summed E-state index contributed by atoms with van der Waals surface area (Å²) < 4.78 is 32.9. The van der Waals surface area contributed by atoms with Crippen LogP contribution in [0.15, 0.2) is 24.3 Å². The maximum Gasteiger partial charge on any atom is 0.248 e. The lowest BCUT2D eigenvalue weighted by Gasteiger charge is -2.35. The molecule has 0 bridgehead atoms. The maximum absolute atomic E-state index is 14.7. The zero-order chi connectivity index (χ0) is 60.7. The van der Waals surface area contributed by atoms with Gasteiger partial charge in [-0.2, -0.15) is 0 Å². The van der Waals surface area contributed by atoms with Crippen LogP contribution in [-0.2, 0) is 33.6 Å². The van der Waals surface area contributed by atoms with Crippen LogP contribution in [0.3, 0.4) is 0 Å². The van der Waals surface area contributed by atoms with E-state index in [0.717, 1.165) is 68.9 Å². The zero-order valence-electron chi connectivity index (χ0n) is 48.6. The lowest BCUT2D eigenvalue weighted by molar-refractivity contribution is -0.148. The van der Waals surface area contributed by atoms with E-state index in [9.17, 15) is 74.4 Å². The van der Waals surface area contributed by atoms with Gasteiger partial charge in [0.2, 0.25) is 41.4 Å². The number of benzene rings is 1. The maximum atomic E-state index is 14.7. The number of aliphatic hydroxyl groups excluding tert-OH is 7. The van der Waals surface area contributed by atoms with Gasteiger partial charge >= 0.3 is 0 Å². The van der Waals surface area contributed by atoms with Crippen molar-refractivity contribution in [1.29, 1.82) is 0 Å². The molecular weight excluding hydrogens is 1000 g/mol. The van der Waals surface area contributed by atoms with Gasteiger partial charge in [-0.25, -0.2) is 0 Å². The van der Waals surface area contributed by atoms with Crippen molar-refractivity contribution < 1.29 is 79.9 Å². The number of hydrogen-bond acceptors (Lipinski definition) is 18. The Labute approximate surface area is 456 Å². The molecule has 77 heavy (non-hydrogen) atoms. The molecule has 0 saturated carbocycles. The summed E-state index contributed by atoms with van der Waals surface area (Å²) in [6.07, 6.45) is -10.0. The average molecular weight is 1100 g/mol. The van der Waals surface area contributed by atoms with E-state index in [-0.39, 0.29) is 30.7 Å². The number of rotatable bonds is 23. The van der Waals surface area contributed by atoms with Crippen LogP contribution in [0, 0.1) is 11.8 Å². The fourth-order valence-electron chi connectivity index (χ4n) is 10.1. The monoisotopic (exact) mass is 1100 g/mol. The summed E-state index contributed by atoms with van der Waals surface area (Å²) in [6, 6.07) is -7.46. The predicted molar refractivity (Wildman–Crippen MR) is 280 cm³/mol. The Morgan fingerprint density at radius 1 is 0.753 bits per heavy atom. The molecule has 3 aliphatic rings. The number of carbonyl (C=O) groups excluding carboxylic acids is 7. The molecule has 0 aliphatic carbocycles. The van der Waals surface area contributed by atoms with Gasteiger partial charge in [0.25, 0.3) is 0 Å². The fraction of sp³-hybridized carbons (Fsp3) is 0.750. The first-order chi connectivity index (χ1) is 37.9. The van der Waals surface area contributed by atoms with Crippen molar-refractivity contribution >= 4 is 41.4 Å². The summed E-state index contributed by atoms with van der Waals surface area (Å²) in [4.78, 5) is 102. The number of phenols is 1. The summed E-state index contributed by atoms with van der Waals surface area (Å²) in [5.41, 5.74) is 11.2. The third-order valence-corrected chi connectivity index (χ3v) is 14.7. The summed E-state index contributed by atoms with van der Waals surface area (Å²) in [5, 5.41) is 103. The number of fused-ring (bicyclic) bond motifs is 2.